The highest BCUT2D eigenvalue weighted by molar-refractivity contribution is 9.10. The van der Waals surface area contributed by atoms with Crippen molar-refractivity contribution in [2.45, 2.75) is 26.4 Å². The lowest BCUT2D eigenvalue weighted by Gasteiger charge is -2.36. The summed E-state index contributed by atoms with van der Waals surface area (Å²) in [5, 5.41) is 0.591. The summed E-state index contributed by atoms with van der Waals surface area (Å²) in [6.07, 6.45) is -0.385. The minimum atomic E-state index is -0.653. The highest BCUT2D eigenvalue weighted by Crippen LogP contribution is 2.34. The summed E-state index contributed by atoms with van der Waals surface area (Å²) < 4.78 is 20.0. The maximum atomic E-state index is 14.5. The van der Waals surface area contributed by atoms with Gasteiger partial charge in [0.1, 0.15) is 11.4 Å². The molecule has 0 atom stereocenters. The van der Waals surface area contributed by atoms with E-state index in [0.717, 1.165) is 0 Å². The van der Waals surface area contributed by atoms with E-state index in [0.29, 0.717) is 37.4 Å². The van der Waals surface area contributed by atoms with Crippen LogP contribution in [0.15, 0.2) is 15.3 Å². The third-order valence-corrected chi connectivity index (χ3v) is 5.38. The summed E-state index contributed by atoms with van der Waals surface area (Å²) in [4.78, 5) is 34.0. The fourth-order valence-corrected chi connectivity index (χ4v) is 3.36. The van der Waals surface area contributed by atoms with Crippen LogP contribution in [0.3, 0.4) is 0 Å². The zero-order chi connectivity index (χ0) is 19.9. The Balaban J connectivity index is 1.88. The number of hydrogen-bond acceptors (Lipinski definition) is 5. The normalized spacial score (nSPS) is 15.3. The number of benzene rings is 1. The van der Waals surface area contributed by atoms with Gasteiger partial charge in [0.2, 0.25) is 0 Å². The Hall–Kier alpha value is -1.87. The average molecular weight is 462 g/mol. The third kappa shape index (κ3) is 4.19. The molecular weight excluding hydrogens is 443 g/mol. The Morgan fingerprint density at radius 2 is 1.96 bits per heavy atom. The van der Waals surface area contributed by atoms with Crippen molar-refractivity contribution in [1.29, 1.82) is 0 Å². The predicted octanol–water partition coefficient (Wildman–Crippen LogP) is 3.54. The van der Waals surface area contributed by atoms with Crippen molar-refractivity contribution in [2.24, 2.45) is 0 Å². The number of nitrogens with one attached hydrogen (secondary N) is 1. The number of anilines is 1. The van der Waals surface area contributed by atoms with Crippen molar-refractivity contribution < 1.29 is 13.9 Å². The first kappa shape index (κ1) is 19.9. The second-order valence-corrected chi connectivity index (χ2v) is 8.43. The van der Waals surface area contributed by atoms with E-state index >= 15 is 0 Å². The van der Waals surface area contributed by atoms with Crippen molar-refractivity contribution in [1.82, 2.24) is 14.9 Å². The van der Waals surface area contributed by atoms with Gasteiger partial charge in [0, 0.05) is 31.6 Å². The number of carbonyl (C=O) groups excluding carboxylic acids is 1. The Labute approximate surface area is 168 Å². The molecule has 10 heteroatoms. The molecule has 1 aliphatic heterocycles. The van der Waals surface area contributed by atoms with E-state index in [2.05, 4.69) is 25.9 Å². The van der Waals surface area contributed by atoms with Crippen LogP contribution < -0.4 is 10.6 Å². The van der Waals surface area contributed by atoms with Crippen molar-refractivity contribution in [3.05, 3.63) is 31.9 Å². The molecule has 1 aromatic carbocycles. The topological polar surface area (TPSA) is 78.5 Å². The molecule has 0 unspecified atom stereocenters. The SMILES string of the molecule is CC(C)(C)OC(=O)N1CCN(c2nc(=O)[nH]c3c(F)c(Br)c(Cl)cc23)CC1. The predicted molar refractivity (Wildman–Crippen MR) is 105 cm³/mol. The second-order valence-electron chi connectivity index (χ2n) is 7.23. The Bertz CT molecular complexity index is 952. The largest absolute Gasteiger partial charge is 0.444 e. The van der Waals surface area contributed by atoms with E-state index in [1.54, 1.807) is 11.0 Å². The van der Waals surface area contributed by atoms with Crippen molar-refractivity contribution >= 4 is 50.3 Å². The van der Waals surface area contributed by atoms with E-state index in [1.165, 1.54) is 0 Å². The second kappa shape index (κ2) is 7.27. The number of amides is 1. The van der Waals surface area contributed by atoms with Crippen molar-refractivity contribution in [3.63, 3.8) is 0 Å². The number of nitrogens with zero attached hydrogens (tertiary/aromatic N) is 3. The number of aromatic nitrogens is 2. The fourth-order valence-electron chi connectivity index (χ4n) is 2.85. The summed E-state index contributed by atoms with van der Waals surface area (Å²) >= 11 is 9.15. The molecule has 1 fully saturated rings. The van der Waals surface area contributed by atoms with Crippen LogP contribution >= 0.6 is 27.5 Å². The summed E-state index contributed by atoms with van der Waals surface area (Å²) in [6.45, 7) is 7.09. The number of fused-ring (bicyclic) bond motifs is 1. The summed E-state index contributed by atoms with van der Waals surface area (Å²) in [5.41, 5.74) is -1.18. The first-order chi connectivity index (χ1) is 12.6. The molecule has 146 valence electrons. The molecule has 0 saturated carbocycles. The molecular formula is C17H19BrClFN4O3. The Morgan fingerprint density at radius 1 is 1.33 bits per heavy atom. The lowest BCUT2D eigenvalue weighted by Crippen LogP contribution is -2.50. The number of aromatic amines is 1. The van der Waals surface area contributed by atoms with Crippen LogP contribution in [-0.4, -0.2) is 52.7 Å². The third-order valence-electron chi connectivity index (χ3n) is 4.07. The van der Waals surface area contributed by atoms with Crippen molar-refractivity contribution in [3.8, 4) is 0 Å². The average Bonchev–Trinajstić information content (AvgIpc) is 2.59. The molecule has 0 bridgehead atoms. The molecule has 1 aromatic heterocycles. The summed E-state index contributed by atoms with van der Waals surface area (Å²) in [7, 11) is 0. The first-order valence-corrected chi connectivity index (χ1v) is 9.54. The molecule has 27 heavy (non-hydrogen) atoms. The molecule has 1 N–H and O–H groups in total. The summed E-state index contributed by atoms with van der Waals surface area (Å²) in [5.74, 6) is -0.309. The molecule has 0 spiro atoms. The quantitative estimate of drug-likeness (QED) is 0.657. The molecule has 2 heterocycles. The van der Waals surface area contributed by atoms with Crippen LogP contribution in [0.25, 0.3) is 10.9 Å². The van der Waals surface area contributed by atoms with Gasteiger partial charge in [-0.15, -0.1) is 0 Å². The van der Waals surface area contributed by atoms with Gasteiger partial charge in [0.25, 0.3) is 0 Å². The van der Waals surface area contributed by atoms with Gasteiger partial charge in [-0.2, -0.15) is 4.98 Å². The molecule has 3 rings (SSSR count). The molecule has 1 amide bonds. The minimum absolute atomic E-state index is 0.0378. The van der Waals surface area contributed by atoms with Crippen molar-refractivity contribution in [2.75, 3.05) is 31.1 Å². The van der Waals surface area contributed by atoms with Crippen LogP contribution in [0, 0.1) is 5.82 Å². The van der Waals surface area contributed by atoms with Crippen LogP contribution in [0.5, 0.6) is 0 Å². The Kier molecular flexibility index (Phi) is 5.36. The number of carbonyl (C=O) groups is 1. The van der Waals surface area contributed by atoms with Crippen LogP contribution in [0.2, 0.25) is 5.02 Å². The molecule has 2 aromatic rings. The van der Waals surface area contributed by atoms with Gasteiger partial charge >= 0.3 is 11.8 Å². The van der Waals surface area contributed by atoms with Gasteiger partial charge in [-0.3, -0.25) is 0 Å². The van der Waals surface area contributed by atoms with Gasteiger partial charge in [-0.1, -0.05) is 11.6 Å². The Morgan fingerprint density at radius 3 is 2.56 bits per heavy atom. The minimum Gasteiger partial charge on any atom is -0.444 e. The number of H-pyrrole nitrogens is 1. The van der Waals surface area contributed by atoms with Gasteiger partial charge < -0.3 is 19.5 Å². The fraction of sp³-hybridized carbons (Fsp3) is 0.471. The number of rotatable bonds is 1. The molecule has 0 radical (unpaired) electrons. The number of ether oxygens (including phenoxy) is 1. The lowest BCUT2D eigenvalue weighted by atomic mass is 10.2. The zero-order valence-electron chi connectivity index (χ0n) is 15.1. The standard InChI is InChI=1S/C17H19BrClFN4O3/c1-17(2,3)27-16(26)24-6-4-23(5-7-24)14-9-8-10(19)11(18)12(20)13(9)21-15(25)22-14/h8H,4-7H2,1-3H3,(H,21,22,25). The van der Waals surface area contributed by atoms with Crippen LogP contribution in [-0.2, 0) is 4.74 Å². The maximum absolute atomic E-state index is 14.5. The molecule has 0 aliphatic carbocycles. The highest BCUT2D eigenvalue weighted by atomic mass is 79.9. The smallest absolute Gasteiger partial charge is 0.410 e. The maximum Gasteiger partial charge on any atom is 0.410 e. The molecule has 1 aliphatic rings. The van der Waals surface area contributed by atoms with Gasteiger partial charge in [0.15, 0.2) is 5.82 Å². The monoisotopic (exact) mass is 460 g/mol. The van der Waals surface area contributed by atoms with E-state index < -0.39 is 17.1 Å². The molecule has 1 saturated heterocycles. The highest BCUT2D eigenvalue weighted by Gasteiger charge is 2.27. The zero-order valence-corrected chi connectivity index (χ0v) is 17.4. The first-order valence-electron chi connectivity index (χ1n) is 8.37. The van der Waals surface area contributed by atoms with E-state index in [4.69, 9.17) is 16.3 Å². The van der Waals surface area contributed by atoms with Crippen LogP contribution in [0.1, 0.15) is 20.8 Å². The molecule has 7 nitrogen and oxygen atoms in total. The van der Waals surface area contributed by atoms with Gasteiger partial charge in [-0.05, 0) is 42.8 Å². The van der Waals surface area contributed by atoms with Gasteiger partial charge in [0.05, 0.1) is 15.0 Å². The summed E-state index contributed by atoms with van der Waals surface area (Å²) in [6, 6.07) is 1.56. The lowest BCUT2D eigenvalue weighted by molar-refractivity contribution is 0.0240. The van der Waals surface area contributed by atoms with E-state index in [1.807, 2.05) is 25.7 Å². The van der Waals surface area contributed by atoms with Gasteiger partial charge in [-0.25, -0.2) is 14.0 Å². The van der Waals surface area contributed by atoms with E-state index in [9.17, 15) is 14.0 Å². The van der Waals surface area contributed by atoms with E-state index in [-0.39, 0.29) is 21.1 Å². The number of halogens is 3. The number of hydrogen-bond donors (Lipinski definition) is 1. The van der Waals surface area contributed by atoms with Crippen LogP contribution in [0.4, 0.5) is 15.0 Å². The number of piperazine rings is 1.